The van der Waals surface area contributed by atoms with Crippen LogP contribution < -0.4 is 9.47 Å². The number of piperazine rings is 1. The molecule has 6 nitrogen and oxygen atoms in total. The smallest absolute Gasteiger partial charge is 0.218 e. The first-order valence-electron chi connectivity index (χ1n) is 9.38. The number of nitrogens with zero attached hydrogens (tertiary/aromatic N) is 2. The van der Waals surface area contributed by atoms with Crippen molar-refractivity contribution in [2.75, 3.05) is 40.4 Å². The summed E-state index contributed by atoms with van der Waals surface area (Å²) in [6.07, 6.45) is 0. The molecule has 0 N–H and O–H groups in total. The highest BCUT2D eigenvalue weighted by atomic mass is 32.2. The van der Waals surface area contributed by atoms with Gasteiger partial charge in [0, 0.05) is 32.7 Å². The van der Waals surface area contributed by atoms with Crippen molar-refractivity contribution in [1.29, 1.82) is 0 Å². The number of methoxy groups -OCH3 is 2. The molecule has 0 radical (unpaired) electrons. The number of sulfonamides is 1. The zero-order chi connectivity index (χ0) is 20.1. The van der Waals surface area contributed by atoms with Crippen LogP contribution in [0, 0.1) is 6.92 Å². The minimum atomic E-state index is -3.29. The fourth-order valence-electron chi connectivity index (χ4n) is 3.48. The average Bonchev–Trinajstić information content (AvgIpc) is 2.70. The number of rotatable bonds is 7. The number of ether oxygens (including phenoxy) is 2. The summed E-state index contributed by atoms with van der Waals surface area (Å²) in [6.45, 7) is 5.27. The van der Waals surface area contributed by atoms with Gasteiger partial charge >= 0.3 is 0 Å². The van der Waals surface area contributed by atoms with Gasteiger partial charge < -0.3 is 9.47 Å². The van der Waals surface area contributed by atoms with Crippen LogP contribution in [0.3, 0.4) is 0 Å². The Balaban J connectivity index is 1.61. The molecule has 0 spiro atoms. The van der Waals surface area contributed by atoms with Gasteiger partial charge in [-0.15, -0.1) is 0 Å². The standard InChI is InChI=1S/C21H28N2O4S/c1-17-13-20(26-2)21(27-3)14-19(17)15-22-9-11-23(12-10-22)28(24,25)16-18-7-5-4-6-8-18/h4-8,13-14H,9-12,15-16H2,1-3H3. The summed E-state index contributed by atoms with van der Waals surface area (Å²) in [4.78, 5) is 2.28. The Morgan fingerprint density at radius 3 is 2.14 bits per heavy atom. The van der Waals surface area contributed by atoms with E-state index in [1.165, 1.54) is 5.56 Å². The van der Waals surface area contributed by atoms with Crippen molar-refractivity contribution in [2.24, 2.45) is 0 Å². The van der Waals surface area contributed by atoms with E-state index in [1.807, 2.05) is 42.5 Å². The van der Waals surface area contributed by atoms with Crippen molar-refractivity contribution in [2.45, 2.75) is 19.2 Å². The zero-order valence-electron chi connectivity index (χ0n) is 16.7. The molecule has 0 saturated carbocycles. The van der Waals surface area contributed by atoms with Crippen LogP contribution in [0.5, 0.6) is 11.5 Å². The molecular formula is C21H28N2O4S. The van der Waals surface area contributed by atoms with Crippen molar-refractivity contribution in [3.8, 4) is 11.5 Å². The van der Waals surface area contributed by atoms with E-state index in [-0.39, 0.29) is 5.75 Å². The van der Waals surface area contributed by atoms with E-state index in [1.54, 1.807) is 18.5 Å². The number of aryl methyl sites for hydroxylation is 1. The van der Waals surface area contributed by atoms with Gasteiger partial charge in [0.25, 0.3) is 0 Å². The Labute approximate surface area is 167 Å². The zero-order valence-corrected chi connectivity index (χ0v) is 17.5. The molecule has 0 amide bonds. The molecule has 0 unspecified atom stereocenters. The van der Waals surface area contributed by atoms with Gasteiger partial charge in [-0.25, -0.2) is 8.42 Å². The largest absolute Gasteiger partial charge is 0.493 e. The predicted molar refractivity (Wildman–Crippen MR) is 110 cm³/mol. The van der Waals surface area contributed by atoms with Gasteiger partial charge in [-0.2, -0.15) is 4.31 Å². The molecule has 1 saturated heterocycles. The summed E-state index contributed by atoms with van der Waals surface area (Å²) in [5.41, 5.74) is 3.13. The van der Waals surface area contributed by atoms with Gasteiger partial charge in [-0.05, 0) is 35.7 Å². The minimum Gasteiger partial charge on any atom is -0.493 e. The summed E-state index contributed by atoms with van der Waals surface area (Å²) >= 11 is 0. The van der Waals surface area contributed by atoms with Gasteiger partial charge in [0.05, 0.1) is 20.0 Å². The Hall–Kier alpha value is -2.09. The van der Waals surface area contributed by atoms with Gasteiger partial charge in [-0.1, -0.05) is 30.3 Å². The van der Waals surface area contributed by atoms with Crippen LogP contribution in [0.2, 0.25) is 0 Å². The first kappa shape index (κ1) is 20.6. The third-order valence-electron chi connectivity index (χ3n) is 5.15. The number of hydrogen-bond acceptors (Lipinski definition) is 5. The minimum absolute atomic E-state index is 0.0582. The number of hydrogen-bond donors (Lipinski definition) is 0. The van der Waals surface area contributed by atoms with E-state index in [4.69, 9.17) is 9.47 Å². The van der Waals surface area contributed by atoms with Crippen molar-refractivity contribution >= 4 is 10.0 Å². The van der Waals surface area contributed by atoms with E-state index < -0.39 is 10.0 Å². The van der Waals surface area contributed by atoms with E-state index in [2.05, 4.69) is 11.8 Å². The predicted octanol–water partition coefficient (Wildman–Crippen LogP) is 2.66. The topological polar surface area (TPSA) is 59.1 Å². The molecule has 3 rings (SSSR count). The Bertz CT molecular complexity index is 892. The van der Waals surface area contributed by atoms with Crippen molar-refractivity contribution < 1.29 is 17.9 Å². The summed E-state index contributed by atoms with van der Waals surface area (Å²) in [5, 5.41) is 0. The van der Waals surface area contributed by atoms with Gasteiger partial charge in [0.15, 0.2) is 11.5 Å². The molecule has 152 valence electrons. The molecule has 2 aromatic rings. The second kappa shape index (κ2) is 8.94. The first-order valence-corrected chi connectivity index (χ1v) is 11.0. The third kappa shape index (κ3) is 4.84. The van der Waals surface area contributed by atoms with Crippen LogP contribution in [0.25, 0.3) is 0 Å². The fourth-order valence-corrected chi connectivity index (χ4v) is 4.99. The molecule has 1 heterocycles. The third-order valence-corrected chi connectivity index (χ3v) is 7.00. The van der Waals surface area contributed by atoms with Crippen LogP contribution in [0.1, 0.15) is 16.7 Å². The van der Waals surface area contributed by atoms with E-state index in [0.717, 1.165) is 23.4 Å². The molecule has 0 aliphatic carbocycles. The maximum Gasteiger partial charge on any atom is 0.218 e. The second-order valence-electron chi connectivity index (χ2n) is 7.05. The molecule has 0 atom stereocenters. The summed E-state index contributed by atoms with van der Waals surface area (Å²) < 4.78 is 37.8. The molecule has 7 heteroatoms. The quantitative estimate of drug-likeness (QED) is 0.710. The summed E-state index contributed by atoms with van der Waals surface area (Å²) in [6, 6.07) is 13.3. The fraction of sp³-hybridized carbons (Fsp3) is 0.429. The molecule has 2 aromatic carbocycles. The lowest BCUT2D eigenvalue weighted by molar-refractivity contribution is 0.181. The maximum atomic E-state index is 12.7. The van der Waals surface area contributed by atoms with Crippen LogP contribution in [-0.2, 0) is 22.3 Å². The summed E-state index contributed by atoms with van der Waals surface area (Å²) in [7, 11) is -0.0271. The molecule has 0 bridgehead atoms. The second-order valence-corrected chi connectivity index (χ2v) is 9.02. The molecular weight excluding hydrogens is 376 g/mol. The van der Waals surface area contributed by atoms with Crippen molar-refractivity contribution in [3.63, 3.8) is 0 Å². The Kier molecular flexibility index (Phi) is 6.59. The lowest BCUT2D eigenvalue weighted by atomic mass is 10.1. The lowest BCUT2D eigenvalue weighted by Gasteiger charge is -2.34. The van der Waals surface area contributed by atoms with Crippen LogP contribution in [0.15, 0.2) is 42.5 Å². The van der Waals surface area contributed by atoms with Crippen LogP contribution in [0.4, 0.5) is 0 Å². The monoisotopic (exact) mass is 404 g/mol. The van der Waals surface area contributed by atoms with Gasteiger partial charge in [0.2, 0.25) is 10.0 Å². The summed E-state index contributed by atoms with van der Waals surface area (Å²) in [5.74, 6) is 1.50. The molecule has 1 aliphatic rings. The highest BCUT2D eigenvalue weighted by Crippen LogP contribution is 2.31. The molecule has 28 heavy (non-hydrogen) atoms. The van der Waals surface area contributed by atoms with Crippen molar-refractivity contribution in [1.82, 2.24) is 9.21 Å². The van der Waals surface area contributed by atoms with Gasteiger partial charge in [0.1, 0.15) is 0 Å². The molecule has 1 fully saturated rings. The Morgan fingerprint density at radius 1 is 0.929 bits per heavy atom. The lowest BCUT2D eigenvalue weighted by Crippen LogP contribution is -2.48. The van der Waals surface area contributed by atoms with Gasteiger partial charge in [-0.3, -0.25) is 4.90 Å². The molecule has 0 aromatic heterocycles. The average molecular weight is 405 g/mol. The highest BCUT2D eigenvalue weighted by molar-refractivity contribution is 7.88. The van der Waals surface area contributed by atoms with E-state index in [0.29, 0.717) is 31.9 Å². The van der Waals surface area contributed by atoms with E-state index in [9.17, 15) is 8.42 Å². The van der Waals surface area contributed by atoms with Crippen LogP contribution >= 0.6 is 0 Å². The normalized spacial score (nSPS) is 16.1. The maximum absolute atomic E-state index is 12.7. The number of benzene rings is 2. The first-order chi connectivity index (χ1) is 13.4. The molecule has 1 aliphatic heterocycles. The van der Waals surface area contributed by atoms with Crippen LogP contribution in [-0.4, -0.2) is 58.0 Å². The highest BCUT2D eigenvalue weighted by Gasteiger charge is 2.27. The Morgan fingerprint density at radius 2 is 1.54 bits per heavy atom. The van der Waals surface area contributed by atoms with Crippen molar-refractivity contribution in [3.05, 3.63) is 59.2 Å². The SMILES string of the molecule is COc1cc(C)c(CN2CCN(S(=O)(=O)Cc3ccccc3)CC2)cc1OC. The van der Waals surface area contributed by atoms with E-state index >= 15 is 0 Å².